The molecule has 2 aromatic carbocycles. The van der Waals surface area contributed by atoms with Crippen molar-refractivity contribution in [1.29, 1.82) is 5.26 Å². The molecule has 0 aliphatic carbocycles. The van der Waals surface area contributed by atoms with Crippen molar-refractivity contribution in [1.82, 2.24) is 0 Å². The molecule has 5 nitrogen and oxygen atoms in total. The van der Waals surface area contributed by atoms with Crippen LogP contribution in [0, 0.1) is 11.3 Å². The van der Waals surface area contributed by atoms with Crippen LogP contribution in [-0.2, 0) is 0 Å². The number of anilines is 1. The third-order valence-corrected chi connectivity index (χ3v) is 3.07. The Labute approximate surface area is 132 Å². The average molecular weight is 314 g/mol. The second kappa shape index (κ2) is 7.25. The van der Waals surface area contributed by atoms with Gasteiger partial charge in [-0.25, -0.2) is 0 Å². The molecule has 2 aromatic rings. The van der Waals surface area contributed by atoms with Crippen molar-refractivity contribution in [3.63, 3.8) is 0 Å². The van der Waals surface area contributed by atoms with Crippen LogP contribution >= 0.6 is 11.6 Å². The molecule has 0 fully saturated rings. The Hall–Kier alpha value is -2.84. The number of nitriles is 1. The van der Waals surface area contributed by atoms with Gasteiger partial charge in [0.05, 0.1) is 12.8 Å². The highest BCUT2D eigenvalue weighted by Crippen LogP contribution is 2.15. The molecule has 0 aliphatic heterocycles. The summed E-state index contributed by atoms with van der Waals surface area (Å²) in [6, 6.07) is 15.0. The first kappa shape index (κ1) is 15.5. The van der Waals surface area contributed by atoms with Crippen molar-refractivity contribution in [3.05, 3.63) is 59.1 Å². The Balaban J connectivity index is 2.14. The van der Waals surface area contributed by atoms with Gasteiger partial charge >= 0.3 is 0 Å². The van der Waals surface area contributed by atoms with E-state index in [1.54, 1.807) is 61.7 Å². The van der Waals surface area contributed by atoms with Gasteiger partial charge in [0.2, 0.25) is 11.5 Å². The van der Waals surface area contributed by atoms with Crippen LogP contribution < -0.4 is 10.2 Å². The predicted octanol–water partition coefficient (Wildman–Crippen LogP) is 3.52. The highest BCUT2D eigenvalue weighted by Gasteiger charge is 2.13. The van der Waals surface area contributed by atoms with E-state index in [0.717, 1.165) is 0 Å². The van der Waals surface area contributed by atoms with Gasteiger partial charge in [-0.05, 0) is 48.5 Å². The van der Waals surface area contributed by atoms with Crippen LogP contribution in [0.25, 0.3) is 0 Å². The van der Waals surface area contributed by atoms with E-state index in [9.17, 15) is 4.79 Å². The van der Waals surface area contributed by atoms with Gasteiger partial charge in [0.25, 0.3) is 0 Å². The third kappa shape index (κ3) is 3.84. The van der Waals surface area contributed by atoms with Crippen molar-refractivity contribution in [2.24, 2.45) is 5.10 Å². The van der Waals surface area contributed by atoms with Crippen molar-refractivity contribution < 1.29 is 9.53 Å². The second-order valence-corrected chi connectivity index (χ2v) is 4.68. The molecule has 0 spiro atoms. The van der Waals surface area contributed by atoms with Crippen LogP contribution in [0.5, 0.6) is 5.75 Å². The van der Waals surface area contributed by atoms with Gasteiger partial charge in [-0.3, -0.25) is 10.2 Å². The van der Waals surface area contributed by atoms with Crippen molar-refractivity contribution in [2.75, 3.05) is 12.5 Å². The monoisotopic (exact) mass is 313 g/mol. The van der Waals surface area contributed by atoms with Crippen molar-refractivity contribution in [2.45, 2.75) is 0 Å². The first-order valence-corrected chi connectivity index (χ1v) is 6.70. The highest BCUT2D eigenvalue weighted by atomic mass is 35.5. The molecule has 1 N–H and O–H groups in total. The van der Waals surface area contributed by atoms with E-state index in [1.807, 2.05) is 0 Å². The summed E-state index contributed by atoms with van der Waals surface area (Å²) in [4.78, 5) is 12.2. The molecule has 0 atom stereocenters. The number of nitrogens with one attached hydrogen (secondary N) is 1. The quantitative estimate of drug-likeness (QED) is 0.520. The maximum atomic E-state index is 12.2. The number of halogens is 1. The van der Waals surface area contributed by atoms with E-state index in [-0.39, 0.29) is 5.71 Å². The lowest BCUT2D eigenvalue weighted by Crippen LogP contribution is -2.14. The average Bonchev–Trinajstić information content (AvgIpc) is 2.56. The number of hydrogen-bond acceptors (Lipinski definition) is 5. The van der Waals surface area contributed by atoms with E-state index in [2.05, 4.69) is 10.5 Å². The number of nitrogens with zero attached hydrogens (tertiary/aromatic N) is 2. The minimum absolute atomic E-state index is 0.238. The van der Waals surface area contributed by atoms with E-state index < -0.39 is 5.78 Å². The molecule has 6 heteroatoms. The van der Waals surface area contributed by atoms with Crippen LogP contribution in [0.2, 0.25) is 5.02 Å². The lowest BCUT2D eigenvalue weighted by molar-refractivity contribution is 0.106. The summed E-state index contributed by atoms with van der Waals surface area (Å²) in [5.74, 6) is 0.229. The summed E-state index contributed by atoms with van der Waals surface area (Å²) in [5, 5.41) is 13.5. The van der Waals surface area contributed by atoms with Crippen LogP contribution in [0.15, 0.2) is 53.6 Å². The summed E-state index contributed by atoms with van der Waals surface area (Å²) in [6.45, 7) is 0. The van der Waals surface area contributed by atoms with E-state index >= 15 is 0 Å². The molecule has 2 rings (SSSR count). The molecule has 0 aliphatic rings. The van der Waals surface area contributed by atoms with Crippen molar-refractivity contribution >= 4 is 28.8 Å². The van der Waals surface area contributed by atoms with Crippen LogP contribution in [0.3, 0.4) is 0 Å². The number of hydrogen-bond donors (Lipinski definition) is 1. The number of carbonyl (C=O) groups excluding carboxylic acids is 1. The van der Waals surface area contributed by atoms with Gasteiger partial charge in [-0.15, -0.1) is 0 Å². The predicted molar refractivity (Wildman–Crippen MR) is 85.4 cm³/mol. The number of hydrazone groups is 1. The topological polar surface area (TPSA) is 74.5 Å². The molecule has 0 aromatic heterocycles. The number of Topliss-reactive ketones (excluding diaryl/α,β-unsaturated/α-hetero) is 1. The zero-order chi connectivity index (χ0) is 15.9. The molecule has 0 saturated carbocycles. The smallest absolute Gasteiger partial charge is 0.223 e. The maximum absolute atomic E-state index is 12.2. The fourth-order valence-electron chi connectivity index (χ4n) is 1.65. The Kier molecular flexibility index (Phi) is 5.12. The fourth-order valence-corrected chi connectivity index (χ4v) is 1.78. The van der Waals surface area contributed by atoms with Gasteiger partial charge in [0.1, 0.15) is 11.8 Å². The lowest BCUT2D eigenvalue weighted by atomic mass is 10.1. The summed E-state index contributed by atoms with van der Waals surface area (Å²) in [5.41, 5.74) is 3.42. The molecular weight excluding hydrogens is 302 g/mol. The van der Waals surface area contributed by atoms with E-state index in [4.69, 9.17) is 21.6 Å². The highest BCUT2D eigenvalue weighted by molar-refractivity contribution is 6.51. The van der Waals surface area contributed by atoms with Gasteiger partial charge in [-0.2, -0.15) is 10.4 Å². The second-order valence-electron chi connectivity index (χ2n) is 4.25. The lowest BCUT2D eigenvalue weighted by Gasteiger charge is -2.03. The first-order chi connectivity index (χ1) is 10.6. The third-order valence-electron chi connectivity index (χ3n) is 2.81. The summed E-state index contributed by atoms with van der Waals surface area (Å²) in [7, 11) is 1.57. The molecular formula is C16H12ClN3O2. The largest absolute Gasteiger partial charge is 0.497 e. The molecule has 110 valence electrons. The summed E-state index contributed by atoms with van der Waals surface area (Å²) < 4.78 is 5.04. The number of benzene rings is 2. The molecule has 0 unspecified atom stereocenters. The first-order valence-electron chi connectivity index (χ1n) is 6.32. The molecule has 0 saturated heterocycles. The van der Waals surface area contributed by atoms with Crippen LogP contribution in [0.1, 0.15) is 10.4 Å². The van der Waals surface area contributed by atoms with Gasteiger partial charge in [0, 0.05) is 10.6 Å². The van der Waals surface area contributed by atoms with E-state index in [1.165, 1.54) is 0 Å². The maximum Gasteiger partial charge on any atom is 0.223 e. The molecule has 0 heterocycles. The Morgan fingerprint density at radius 3 is 2.36 bits per heavy atom. The zero-order valence-electron chi connectivity index (χ0n) is 11.7. The SMILES string of the molecule is COc1ccc(NN=C(C#N)C(=O)c2ccc(Cl)cc2)cc1. The Morgan fingerprint density at radius 1 is 1.18 bits per heavy atom. The summed E-state index contributed by atoms with van der Waals surface area (Å²) in [6.07, 6.45) is 0. The standard InChI is InChI=1S/C16H12ClN3O2/c1-22-14-8-6-13(7-9-14)19-20-15(10-18)16(21)11-2-4-12(17)5-3-11/h2-9,19H,1H3. The number of carbonyl (C=O) groups is 1. The number of ether oxygens (including phenoxy) is 1. The molecule has 22 heavy (non-hydrogen) atoms. The van der Waals surface area contributed by atoms with Crippen LogP contribution in [0.4, 0.5) is 5.69 Å². The summed E-state index contributed by atoms with van der Waals surface area (Å²) >= 11 is 5.77. The van der Waals surface area contributed by atoms with E-state index in [0.29, 0.717) is 22.0 Å². The van der Waals surface area contributed by atoms with Crippen LogP contribution in [-0.4, -0.2) is 18.6 Å². The van der Waals surface area contributed by atoms with Gasteiger partial charge in [-0.1, -0.05) is 11.6 Å². The fraction of sp³-hybridized carbons (Fsp3) is 0.0625. The Morgan fingerprint density at radius 2 is 1.82 bits per heavy atom. The minimum Gasteiger partial charge on any atom is -0.497 e. The number of rotatable bonds is 5. The number of methoxy groups -OCH3 is 1. The Bertz CT molecular complexity index is 731. The minimum atomic E-state index is -0.472. The molecule has 0 amide bonds. The number of ketones is 1. The molecule has 0 bridgehead atoms. The van der Waals surface area contributed by atoms with Crippen molar-refractivity contribution in [3.8, 4) is 11.8 Å². The normalized spacial score (nSPS) is 10.7. The zero-order valence-corrected chi connectivity index (χ0v) is 12.5. The van der Waals surface area contributed by atoms with Gasteiger partial charge in [0.15, 0.2) is 0 Å². The van der Waals surface area contributed by atoms with Gasteiger partial charge < -0.3 is 4.74 Å². The molecule has 0 radical (unpaired) electrons.